The third-order valence-electron chi connectivity index (χ3n) is 4.36. The highest BCUT2D eigenvalue weighted by Gasteiger charge is 2.35. The number of hydrogen-bond donors (Lipinski definition) is 2. The molecule has 0 spiro atoms. The van der Waals surface area contributed by atoms with E-state index >= 15 is 0 Å². The first kappa shape index (κ1) is 16.7. The zero-order valence-corrected chi connectivity index (χ0v) is 15.2. The summed E-state index contributed by atoms with van der Waals surface area (Å²) >= 11 is 3.46. The van der Waals surface area contributed by atoms with Gasteiger partial charge in [0.05, 0.1) is 17.3 Å². The van der Waals surface area contributed by atoms with Crippen molar-refractivity contribution < 1.29 is 9.59 Å². The van der Waals surface area contributed by atoms with E-state index in [1.165, 1.54) is 0 Å². The van der Waals surface area contributed by atoms with Crippen LogP contribution in [0.3, 0.4) is 0 Å². The van der Waals surface area contributed by atoms with Crippen molar-refractivity contribution in [3.05, 3.63) is 45.7 Å². The Morgan fingerprint density at radius 2 is 2.17 bits per heavy atom. The summed E-state index contributed by atoms with van der Waals surface area (Å²) in [6.45, 7) is 4.65. The number of aryl methyl sites for hydroxylation is 2. The maximum atomic E-state index is 12.4. The molecule has 3 rings (SSSR count). The van der Waals surface area contributed by atoms with E-state index in [4.69, 9.17) is 0 Å². The lowest BCUT2D eigenvalue weighted by Crippen LogP contribution is -2.32. The number of hydrogen-bond acceptors (Lipinski definition) is 3. The van der Waals surface area contributed by atoms with E-state index in [0.29, 0.717) is 13.1 Å². The van der Waals surface area contributed by atoms with Gasteiger partial charge in [0, 0.05) is 35.2 Å². The van der Waals surface area contributed by atoms with Crippen molar-refractivity contribution in [2.75, 3.05) is 11.4 Å². The molecule has 1 atom stereocenters. The summed E-state index contributed by atoms with van der Waals surface area (Å²) < 4.78 is 0.851. The number of nitrogens with one attached hydrogen (secondary N) is 2. The number of halogens is 1. The van der Waals surface area contributed by atoms with Crippen LogP contribution in [0.15, 0.2) is 28.7 Å². The van der Waals surface area contributed by atoms with E-state index in [0.717, 1.165) is 27.1 Å². The lowest BCUT2D eigenvalue weighted by molar-refractivity contribution is -0.126. The first-order valence-corrected chi connectivity index (χ1v) is 8.59. The SMILES string of the molecule is Cc1n[nH]c(C)c1CNC(=O)[C@@H]1CC(=O)N(c2ccccc2Br)C1. The van der Waals surface area contributed by atoms with Gasteiger partial charge >= 0.3 is 0 Å². The lowest BCUT2D eigenvalue weighted by Gasteiger charge is -2.18. The Balaban J connectivity index is 1.65. The third kappa shape index (κ3) is 3.21. The number of aromatic amines is 1. The van der Waals surface area contributed by atoms with Crippen LogP contribution in [0, 0.1) is 19.8 Å². The zero-order chi connectivity index (χ0) is 17.3. The Hall–Kier alpha value is -2.15. The van der Waals surface area contributed by atoms with E-state index in [1.54, 1.807) is 4.90 Å². The number of rotatable bonds is 4. The zero-order valence-electron chi connectivity index (χ0n) is 13.6. The van der Waals surface area contributed by atoms with Gasteiger partial charge in [-0.15, -0.1) is 0 Å². The van der Waals surface area contributed by atoms with Gasteiger partial charge < -0.3 is 10.2 Å². The summed E-state index contributed by atoms with van der Waals surface area (Å²) in [5, 5.41) is 9.95. The quantitative estimate of drug-likeness (QED) is 0.841. The molecule has 1 saturated heterocycles. The standard InChI is InChI=1S/C17H19BrN4O2/c1-10-13(11(2)21-20-10)8-19-17(24)12-7-16(23)22(9-12)15-6-4-3-5-14(15)18/h3-6,12H,7-9H2,1-2H3,(H,19,24)(H,20,21)/t12-/m1/s1. The average molecular weight is 391 g/mol. The molecule has 2 heterocycles. The number of amides is 2. The number of nitrogens with zero attached hydrogens (tertiary/aromatic N) is 2. The lowest BCUT2D eigenvalue weighted by atomic mass is 10.1. The molecule has 2 amide bonds. The van der Waals surface area contributed by atoms with Crippen LogP contribution < -0.4 is 10.2 Å². The number of H-pyrrole nitrogens is 1. The van der Waals surface area contributed by atoms with Gasteiger partial charge in [-0.2, -0.15) is 5.10 Å². The molecule has 7 heteroatoms. The van der Waals surface area contributed by atoms with Crippen LogP contribution in [0.5, 0.6) is 0 Å². The van der Waals surface area contributed by atoms with E-state index < -0.39 is 0 Å². The molecule has 1 aliphatic heterocycles. The van der Waals surface area contributed by atoms with Crippen molar-refractivity contribution in [2.45, 2.75) is 26.8 Å². The molecule has 0 aliphatic carbocycles. The number of aromatic nitrogens is 2. The van der Waals surface area contributed by atoms with Crippen molar-refractivity contribution in [3.8, 4) is 0 Å². The van der Waals surface area contributed by atoms with Crippen LogP contribution >= 0.6 is 15.9 Å². The molecule has 0 unspecified atom stereocenters. The summed E-state index contributed by atoms with van der Waals surface area (Å²) in [5.74, 6) is -0.465. The second-order valence-electron chi connectivity index (χ2n) is 5.99. The number of carbonyl (C=O) groups excluding carboxylic acids is 2. The molecule has 1 aromatic heterocycles. The molecule has 1 fully saturated rings. The molecule has 2 aromatic rings. The highest BCUT2D eigenvalue weighted by molar-refractivity contribution is 9.10. The van der Waals surface area contributed by atoms with E-state index in [1.807, 2.05) is 38.1 Å². The van der Waals surface area contributed by atoms with Crippen LogP contribution in [0.2, 0.25) is 0 Å². The molecule has 6 nitrogen and oxygen atoms in total. The molecular weight excluding hydrogens is 372 g/mol. The normalized spacial score (nSPS) is 17.4. The van der Waals surface area contributed by atoms with Gasteiger partial charge in [-0.1, -0.05) is 12.1 Å². The van der Waals surface area contributed by atoms with Gasteiger partial charge in [-0.05, 0) is 41.9 Å². The minimum Gasteiger partial charge on any atom is -0.352 e. The first-order chi connectivity index (χ1) is 11.5. The molecule has 1 aromatic carbocycles. The van der Waals surface area contributed by atoms with Crippen molar-refractivity contribution in [2.24, 2.45) is 5.92 Å². The van der Waals surface area contributed by atoms with E-state index in [-0.39, 0.29) is 24.2 Å². The molecule has 2 N–H and O–H groups in total. The van der Waals surface area contributed by atoms with Crippen molar-refractivity contribution >= 4 is 33.4 Å². The molecule has 0 bridgehead atoms. The molecule has 0 radical (unpaired) electrons. The topological polar surface area (TPSA) is 78.1 Å². The molecular formula is C17H19BrN4O2. The Labute approximate surface area is 148 Å². The summed E-state index contributed by atoms with van der Waals surface area (Å²) in [4.78, 5) is 26.4. The van der Waals surface area contributed by atoms with Gasteiger partial charge in [-0.25, -0.2) is 0 Å². The summed E-state index contributed by atoms with van der Waals surface area (Å²) in [5.41, 5.74) is 3.63. The highest BCUT2D eigenvalue weighted by atomic mass is 79.9. The average Bonchev–Trinajstić information content (AvgIpc) is 3.09. The monoisotopic (exact) mass is 390 g/mol. The fourth-order valence-electron chi connectivity index (χ4n) is 2.94. The van der Waals surface area contributed by atoms with Crippen molar-refractivity contribution in [1.29, 1.82) is 0 Å². The maximum Gasteiger partial charge on any atom is 0.227 e. The Kier molecular flexibility index (Phi) is 4.71. The smallest absolute Gasteiger partial charge is 0.227 e. The number of anilines is 1. The molecule has 126 valence electrons. The Morgan fingerprint density at radius 1 is 1.42 bits per heavy atom. The molecule has 24 heavy (non-hydrogen) atoms. The van der Waals surface area contributed by atoms with Gasteiger partial charge in [-0.3, -0.25) is 14.7 Å². The van der Waals surface area contributed by atoms with E-state index in [2.05, 4.69) is 31.4 Å². The highest BCUT2D eigenvalue weighted by Crippen LogP contribution is 2.31. The maximum absolute atomic E-state index is 12.4. The molecule has 0 saturated carbocycles. The summed E-state index contributed by atoms with van der Waals surface area (Å²) in [7, 11) is 0. The number of benzene rings is 1. The van der Waals surface area contributed by atoms with Crippen LogP contribution in [-0.2, 0) is 16.1 Å². The Morgan fingerprint density at radius 3 is 2.83 bits per heavy atom. The second-order valence-corrected chi connectivity index (χ2v) is 6.84. The minimum absolute atomic E-state index is 0.0299. The first-order valence-electron chi connectivity index (χ1n) is 7.80. The second kappa shape index (κ2) is 6.76. The predicted octanol–water partition coefficient (Wildman–Crippen LogP) is 2.46. The van der Waals surface area contributed by atoms with Crippen LogP contribution in [-0.4, -0.2) is 28.6 Å². The fraction of sp³-hybridized carbons (Fsp3) is 0.353. The Bertz CT molecular complexity index is 767. The van der Waals surface area contributed by atoms with E-state index in [9.17, 15) is 9.59 Å². The van der Waals surface area contributed by atoms with Crippen LogP contribution in [0.25, 0.3) is 0 Å². The van der Waals surface area contributed by atoms with Crippen molar-refractivity contribution in [3.63, 3.8) is 0 Å². The van der Waals surface area contributed by atoms with Crippen LogP contribution in [0.4, 0.5) is 5.69 Å². The van der Waals surface area contributed by atoms with Gasteiger partial charge in [0.15, 0.2) is 0 Å². The van der Waals surface area contributed by atoms with Crippen LogP contribution in [0.1, 0.15) is 23.4 Å². The predicted molar refractivity (Wildman–Crippen MR) is 94.5 cm³/mol. The number of carbonyl (C=O) groups is 2. The third-order valence-corrected chi connectivity index (χ3v) is 5.03. The van der Waals surface area contributed by atoms with Gasteiger partial charge in [0.2, 0.25) is 11.8 Å². The summed E-state index contributed by atoms with van der Waals surface area (Å²) in [6, 6.07) is 7.54. The largest absolute Gasteiger partial charge is 0.352 e. The summed E-state index contributed by atoms with van der Waals surface area (Å²) in [6.07, 6.45) is 0.233. The van der Waals surface area contributed by atoms with Crippen molar-refractivity contribution in [1.82, 2.24) is 15.5 Å². The minimum atomic E-state index is -0.336. The molecule has 1 aliphatic rings. The van der Waals surface area contributed by atoms with Gasteiger partial charge in [0.1, 0.15) is 0 Å². The van der Waals surface area contributed by atoms with Gasteiger partial charge in [0.25, 0.3) is 0 Å². The fourth-order valence-corrected chi connectivity index (χ4v) is 3.44. The number of para-hydroxylation sites is 1.